The lowest BCUT2D eigenvalue weighted by atomic mass is 9.95. The Morgan fingerprint density at radius 2 is 1.17 bits per heavy atom. The lowest BCUT2D eigenvalue weighted by Gasteiger charge is -2.08. The fourth-order valence-corrected chi connectivity index (χ4v) is 3.54. The Morgan fingerprint density at radius 1 is 0.522 bits per heavy atom. The zero-order valence-corrected chi connectivity index (χ0v) is 12.6. The molecule has 1 N–H and O–H groups in total. The second-order valence-electron chi connectivity index (χ2n) is 5.93. The van der Waals surface area contributed by atoms with Crippen molar-refractivity contribution in [1.29, 1.82) is 0 Å². The van der Waals surface area contributed by atoms with Gasteiger partial charge in [-0.25, -0.2) is 0 Å². The molecule has 5 aromatic rings. The molecule has 0 radical (unpaired) electrons. The highest BCUT2D eigenvalue weighted by Crippen LogP contribution is 2.37. The standard InChI is InChI=1S/C22H15N/c1-2-8-15(9-3-1)19-14-20-17-11-6-7-13-21(17)23-22(20)18-12-5-4-10-16(18)19/h1-14,23H. The molecule has 0 aliphatic heterocycles. The predicted molar refractivity (Wildman–Crippen MR) is 98.7 cm³/mol. The number of benzene rings is 4. The van der Waals surface area contributed by atoms with Gasteiger partial charge in [0, 0.05) is 21.7 Å². The van der Waals surface area contributed by atoms with Crippen molar-refractivity contribution in [3.8, 4) is 11.1 Å². The third-order valence-electron chi connectivity index (χ3n) is 4.61. The molecule has 4 aromatic carbocycles. The van der Waals surface area contributed by atoms with Crippen molar-refractivity contribution in [1.82, 2.24) is 4.98 Å². The zero-order chi connectivity index (χ0) is 15.2. The maximum atomic E-state index is 3.60. The van der Waals surface area contributed by atoms with E-state index in [0.29, 0.717) is 0 Å². The van der Waals surface area contributed by atoms with Crippen LogP contribution < -0.4 is 0 Å². The Hall–Kier alpha value is -3.06. The molecule has 0 unspecified atom stereocenters. The number of hydrogen-bond acceptors (Lipinski definition) is 0. The van der Waals surface area contributed by atoms with Crippen LogP contribution in [0.1, 0.15) is 0 Å². The number of rotatable bonds is 1. The van der Waals surface area contributed by atoms with Gasteiger partial charge in [-0.3, -0.25) is 0 Å². The first-order valence-corrected chi connectivity index (χ1v) is 7.89. The van der Waals surface area contributed by atoms with Gasteiger partial charge in [-0.2, -0.15) is 0 Å². The average molecular weight is 293 g/mol. The Labute approximate surface area is 134 Å². The summed E-state index contributed by atoms with van der Waals surface area (Å²) < 4.78 is 0. The molecule has 0 aliphatic carbocycles. The Morgan fingerprint density at radius 3 is 2.00 bits per heavy atom. The molecule has 0 atom stereocenters. The lowest BCUT2D eigenvalue weighted by Crippen LogP contribution is -1.83. The molecule has 0 saturated heterocycles. The van der Waals surface area contributed by atoms with Gasteiger partial charge >= 0.3 is 0 Å². The van der Waals surface area contributed by atoms with Crippen molar-refractivity contribution in [2.45, 2.75) is 0 Å². The minimum absolute atomic E-state index is 1.19. The van der Waals surface area contributed by atoms with E-state index < -0.39 is 0 Å². The average Bonchev–Trinajstić information content (AvgIpc) is 3.01. The normalized spacial score (nSPS) is 11.5. The molecule has 0 fully saturated rings. The van der Waals surface area contributed by atoms with Crippen LogP contribution in [0.15, 0.2) is 84.9 Å². The van der Waals surface area contributed by atoms with E-state index in [-0.39, 0.29) is 0 Å². The summed E-state index contributed by atoms with van der Waals surface area (Å²) in [4.78, 5) is 3.60. The van der Waals surface area contributed by atoms with Crippen molar-refractivity contribution < 1.29 is 0 Å². The smallest absolute Gasteiger partial charge is 0.0544 e. The molecule has 108 valence electrons. The highest BCUT2D eigenvalue weighted by molar-refractivity contribution is 6.20. The van der Waals surface area contributed by atoms with Crippen molar-refractivity contribution in [2.24, 2.45) is 0 Å². The third kappa shape index (κ3) is 1.80. The number of para-hydroxylation sites is 1. The summed E-state index contributed by atoms with van der Waals surface area (Å²) in [5, 5.41) is 5.14. The monoisotopic (exact) mass is 293 g/mol. The van der Waals surface area contributed by atoms with E-state index in [1.165, 1.54) is 43.7 Å². The summed E-state index contributed by atoms with van der Waals surface area (Å²) in [6, 6.07) is 30.1. The quantitative estimate of drug-likeness (QED) is 0.382. The zero-order valence-electron chi connectivity index (χ0n) is 12.6. The third-order valence-corrected chi connectivity index (χ3v) is 4.61. The molecule has 1 heterocycles. The van der Waals surface area contributed by atoms with Crippen molar-refractivity contribution in [3.05, 3.63) is 84.9 Å². The molecular formula is C22H15N. The van der Waals surface area contributed by atoms with E-state index in [4.69, 9.17) is 0 Å². The van der Waals surface area contributed by atoms with Gasteiger partial charge in [0.2, 0.25) is 0 Å². The molecule has 1 heteroatoms. The highest BCUT2D eigenvalue weighted by Gasteiger charge is 2.11. The van der Waals surface area contributed by atoms with Crippen LogP contribution in [-0.2, 0) is 0 Å². The lowest BCUT2D eigenvalue weighted by molar-refractivity contribution is 1.56. The topological polar surface area (TPSA) is 15.8 Å². The molecule has 0 spiro atoms. The molecule has 0 amide bonds. The molecule has 1 nitrogen and oxygen atoms in total. The van der Waals surface area contributed by atoms with Crippen molar-refractivity contribution >= 4 is 32.6 Å². The fourth-order valence-electron chi connectivity index (χ4n) is 3.54. The number of aromatic amines is 1. The summed E-state index contributed by atoms with van der Waals surface area (Å²) >= 11 is 0. The maximum Gasteiger partial charge on any atom is 0.0544 e. The maximum absolute atomic E-state index is 3.60. The second kappa shape index (κ2) is 4.72. The summed E-state index contributed by atoms with van der Waals surface area (Å²) in [7, 11) is 0. The number of H-pyrrole nitrogens is 1. The van der Waals surface area contributed by atoms with Gasteiger partial charge in [0.15, 0.2) is 0 Å². The van der Waals surface area contributed by atoms with Crippen LogP contribution in [0.25, 0.3) is 43.7 Å². The van der Waals surface area contributed by atoms with Gasteiger partial charge in [0.25, 0.3) is 0 Å². The largest absolute Gasteiger partial charge is 0.354 e. The molecule has 1 aromatic heterocycles. The first kappa shape index (κ1) is 12.5. The molecule has 0 aliphatic rings. The van der Waals surface area contributed by atoms with Gasteiger partial charge in [0.1, 0.15) is 0 Å². The van der Waals surface area contributed by atoms with E-state index in [0.717, 1.165) is 0 Å². The predicted octanol–water partition coefficient (Wildman–Crippen LogP) is 6.14. The summed E-state index contributed by atoms with van der Waals surface area (Å²) in [6.07, 6.45) is 0. The number of fused-ring (bicyclic) bond motifs is 5. The Bertz CT molecular complexity index is 1150. The Kier molecular flexibility index (Phi) is 2.56. The summed E-state index contributed by atoms with van der Waals surface area (Å²) in [5.74, 6) is 0. The van der Waals surface area contributed by atoms with Gasteiger partial charge in [-0.15, -0.1) is 0 Å². The van der Waals surface area contributed by atoms with E-state index in [2.05, 4.69) is 89.9 Å². The van der Waals surface area contributed by atoms with Crippen LogP contribution in [0.2, 0.25) is 0 Å². The minimum atomic E-state index is 1.19. The summed E-state index contributed by atoms with van der Waals surface area (Å²) in [5.41, 5.74) is 4.97. The number of aromatic nitrogens is 1. The number of nitrogens with one attached hydrogen (secondary N) is 1. The first-order chi connectivity index (χ1) is 11.4. The SMILES string of the molecule is c1ccc(-c2cc3c4ccccc4[nH]c3c3ccccc23)cc1. The van der Waals surface area contributed by atoms with Crippen LogP contribution >= 0.6 is 0 Å². The van der Waals surface area contributed by atoms with E-state index in [9.17, 15) is 0 Å². The van der Waals surface area contributed by atoms with E-state index in [1.807, 2.05) is 0 Å². The minimum Gasteiger partial charge on any atom is -0.354 e. The van der Waals surface area contributed by atoms with Crippen LogP contribution in [-0.4, -0.2) is 4.98 Å². The van der Waals surface area contributed by atoms with Gasteiger partial charge < -0.3 is 4.98 Å². The summed E-state index contributed by atoms with van der Waals surface area (Å²) in [6.45, 7) is 0. The van der Waals surface area contributed by atoms with Crippen molar-refractivity contribution in [2.75, 3.05) is 0 Å². The highest BCUT2D eigenvalue weighted by atomic mass is 14.7. The van der Waals surface area contributed by atoms with Crippen LogP contribution in [0, 0.1) is 0 Å². The molecule has 5 rings (SSSR count). The Balaban J connectivity index is 2.02. The second-order valence-corrected chi connectivity index (χ2v) is 5.93. The molecule has 0 saturated carbocycles. The first-order valence-electron chi connectivity index (χ1n) is 7.89. The van der Waals surface area contributed by atoms with Crippen LogP contribution in [0.5, 0.6) is 0 Å². The van der Waals surface area contributed by atoms with Crippen LogP contribution in [0.3, 0.4) is 0 Å². The van der Waals surface area contributed by atoms with Crippen molar-refractivity contribution in [3.63, 3.8) is 0 Å². The number of hydrogen-bond donors (Lipinski definition) is 1. The van der Waals surface area contributed by atoms with E-state index >= 15 is 0 Å². The van der Waals surface area contributed by atoms with Crippen LogP contribution in [0.4, 0.5) is 0 Å². The fraction of sp³-hybridized carbons (Fsp3) is 0. The van der Waals surface area contributed by atoms with Gasteiger partial charge in [-0.05, 0) is 28.6 Å². The van der Waals surface area contributed by atoms with Gasteiger partial charge in [0.05, 0.1) is 5.52 Å². The van der Waals surface area contributed by atoms with E-state index in [1.54, 1.807) is 0 Å². The molecule has 23 heavy (non-hydrogen) atoms. The molecule has 0 bridgehead atoms. The molecular weight excluding hydrogens is 278 g/mol. The van der Waals surface area contributed by atoms with Gasteiger partial charge in [-0.1, -0.05) is 72.8 Å².